The number of carbonyl (C=O) groups excluding carboxylic acids is 3. The molecule has 116 valence electrons. The topological polar surface area (TPSA) is 66.5 Å². The summed E-state index contributed by atoms with van der Waals surface area (Å²) in [6, 6.07) is 16.1. The zero-order chi connectivity index (χ0) is 16.2. The fourth-order valence-electron chi connectivity index (χ4n) is 2.47. The number of hydrogen-bond acceptors (Lipinski definition) is 3. The van der Waals surface area contributed by atoms with Gasteiger partial charge in [0, 0.05) is 24.1 Å². The molecular formula is C18H16N2O3. The number of rotatable bonds is 4. The number of nitrogens with one attached hydrogen (secondary N) is 1. The highest BCUT2D eigenvalue weighted by molar-refractivity contribution is 6.04. The van der Waals surface area contributed by atoms with Crippen LogP contribution in [0.15, 0.2) is 54.6 Å². The molecule has 0 saturated carbocycles. The van der Waals surface area contributed by atoms with Crippen molar-refractivity contribution >= 4 is 23.4 Å². The second-order valence-corrected chi connectivity index (χ2v) is 5.39. The minimum Gasteiger partial charge on any atom is -0.322 e. The largest absolute Gasteiger partial charge is 0.322 e. The summed E-state index contributed by atoms with van der Waals surface area (Å²) in [6.45, 7) is 0.282. The van der Waals surface area contributed by atoms with E-state index in [1.807, 2.05) is 18.2 Å². The summed E-state index contributed by atoms with van der Waals surface area (Å²) in [5, 5.41) is 2.81. The molecule has 1 aliphatic heterocycles. The molecule has 23 heavy (non-hydrogen) atoms. The Balaban J connectivity index is 1.64. The highest BCUT2D eigenvalue weighted by atomic mass is 16.2. The minimum absolute atomic E-state index is 0.128. The van der Waals surface area contributed by atoms with Crippen molar-refractivity contribution in [2.75, 3.05) is 5.32 Å². The van der Waals surface area contributed by atoms with Crippen molar-refractivity contribution < 1.29 is 14.4 Å². The van der Waals surface area contributed by atoms with Crippen LogP contribution in [0.1, 0.15) is 28.8 Å². The molecule has 0 atom stereocenters. The molecule has 0 aliphatic carbocycles. The highest BCUT2D eigenvalue weighted by Crippen LogP contribution is 2.17. The zero-order valence-corrected chi connectivity index (χ0v) is 12.5. The van der Waals surface area contributed by atoms with Crippen molar-refractivity contribution in [1.29, 1.82) is 0 Å². The van der Waals surface area contributed by atoms with Gasteiger partial charge in [-0.05, 0) is 29.8 Å². The lowest BCUT2D eigenvalue weighted by Gasteiger charge is -2.14. The van der Waals surface area contributed by atoms with E-state index in [1.54, 1.807) is 36.4 Å². The molecule has 0 spiro atoms. The number of carbonyl (C=O) groups is 3. The van der Waals surface area contributed by atoms with Crippen molar-refractivity contribution in [1.82, 2.24) is 4.90 Å². The van der Waals surface area contributed by atoms with E-state index in [4.69, 9.17) is 0 Å². The van der Waals surface area contributed by atoms with Crippen LogP contribution in [0, 0.1) is 0 Å². The number of likely N-dealkylation sites (tertiary alicyclic amines) is 1. The Labute approximate surface area is 133 Å². The molecule has 1 fully saturated rings. The van der Waals surface area contributed by atoms with Crippen LogP contribution in [-0.4, -0.2) is 22.6 Å². The monoisotopic (exact) mass is 308 g/mol. The van der Waals surface area contributed by atoms with Gasteiger partial charge in [-0.2, -0.15) is 0 Å². The summed E-state index contributed by atoms with van der Waals surface area (Å²) in [5.41, 5.74) is 2.11. The molecule has 5 nitrogen and oxygen atoms in total. The Morgan fingerprint density at radius 2 is 1.52 bits per heavy atom. The lowest BCUT2D eigenvalue weighted by molar-refractivity contribution is -0.139. The van der Waals surface area contributed by atoms with Gasteiger partial charge in [-0.25, -0.2) is 0 Å². The molecule has 2 aromatic carbocycles. The molecule has 3 amide bonds. The van der Waals surface area contributed by atoms with Gasteiger partial charge in [0.25, 0.3) is 5.91 Å². The summed E-state index contributed by atoms with van der Waals surface area (Å²) in [4.78, 5) is 36.5. The molecule has 0 bridgehead atoms. The SMILES string of the molecule is O=C(Nc1ccc(CN2C(=O)CCC2=O)cc1)c1ccccc1. The maximum atomic E-state index is 12.1. The highest BCUT2D eigenvalue weighted by Gasteiger charge is 2.28. The van der Waals surface area contributed by atoms with Crippen molar-refractivity contribution in [2.45, 2.75) is 19.4 Å². The van der Waals surface area contributed by atoms with Crippen molar-refractivity contribution in [3.05, 3.63) is 65.7 Å². The molecule has 1 saturated heterocycles. The van der Waals surface area contributed by atoms with Crippen LogP contribution in [0.4, 0.5) is 5.69 Å². The first-order valence-electron chi connectivity index (χ1n) is 7.42. The van der Waals surface area contributed by atoms with Gasteiger partial charge in [0.15, 0.2) is 0 Å². The first kappa shape index (κ1) is 15.0. The number of amides is 3. The smallest absolute Gasteiger partial charge is 0.255 e. The first-order valence-corrected chi connectivity index (χ1v) is 7.42. The predicted octanol–water partition coefficient (Wildman–Crippen LogP) is 2.59. The number of nitrogens with zero attached hydrogens (tertiary/aromatic N) is 1. The molecule has 1 N–H and O–H groups in total. The van der Waals surface area contributed by atoms with E-state index >= 15 is 0 Å². The maximum Gasteiger partial charge on any atom is 0.255 e. The lowest BCUT2D eigenvalue weighted by atomic mass is 10.1. The van der Waals surface area contributed by atoms with Gasteiger partial charge in [0.2, 0.25) is 11.8 Å². The fraction of sp³-hybridized carbons (Fsp3) is 0.167. The number of benzene rings is 2. The Morgan fingerprint density at radius 1 is 0.913 bits per heavy atom. The summed E-state index contributed by atoms with van der Waals surface area (Å²) in [7, 11) is 0. The van der Waals surface area contributed by atoms with Gasteiger partial charge in [0.1, 0.15) is 0 Å². The van der Waals surface area contributed by atoms with Gasteiger partial charge < -0.3 is 5.32 Å². The molecule has 2 aromatic rings. The van der Waals surface area contributed by atoms with Crippen LogP contribution < -0.4 is 5.32 Å². The lowest BCUT2D eigenvalue weighted by Crippen LogP contribution is -2.28. The Bertz CT molecular complexity index is 723. The third-order valence-corrected chi connectivity index (χ3v) is 3.74. The Morgan fingerprint density at radius 3 is 2.13 bits per heavy atom. The van der Waals surface area contributed by atoms with E-state index in [0.29, 0.717) is 24.1 Å². The molecule has 0 radical (unpaired) electrons. The van der Waals surface area contributed by atoms with Gasteiger partial charge in [-0.15, -0.1) is 0 Å². The van der Waals surface area contributed by atoms with E-state index in [2.05, 4.69) is 5.32 Å². The van der Waals surface area contributed by atoms with Gasteiger partial charge >= 0.3 is 0 Å². The van der Waals surface area contributed by atoms with E-state index in [1.165, 1.54) is 4.90 Å². The van der Waals surface area contributed by atoms with E-state index in [0.717, 1.165) is 5.56 Å². The normalized spacial score (nSPS) is 14.2. The van der Waals surface area contributed by atoms with Gasteiger partial charge in [-0.3, -0.25) is 19.3 Å². The second kappa shape index (κ2) is 6.44. The molecule has 3 rings (SSSR count). The third-order valence-electron chi connectivity index (χ3n) is 3.74. The van der Waals surface area contributed by atoms with Crippen LogP contribution in [-0.2, 0) is 16.1 Å². The van der Waals surface area contributed by atoms with Crippen LogP contribution >= 0.6 is 0 Å². The summed E-state index contributed by atoms with van der Waals surface area (Å²) >= 11 is 0. The summed E-state index contributed by atoms with van der Waals surface area (Å²) < 4.78 is 0. The average Bonchev–Trinajstić information content (AvgIpc) is 2.89. The summed E-state index contributed by atoms with van der Waals surface area (Å²) in [6.07, 6.45) is 0.591. The molecular weight excluding hydrogens is 292 g/mol. The molecule has 0 unspecified atom stereocenters. The van der Waals surface area contributed by atoms with E-state index < -0.39 is 0 Å². The molecule has 0 aromatic heterocycles. The van der Waals surface area contributed by atoms with Crippen molar-refractivity contribution in [3.8, 4) is 0 Å². The van der Waals surface area contributed by atoms with Crippen LogP contribution in [0.3, 0.4) is 0 Å². The maximum absolute atomic E-state index is 12.1. The quantitative estimate of drug-likeness (QED) is 0.883. The van der Waals surface area contributed by atoms with E-state index in [9.17, 15) is 14.4 Å². The standard InChI is InChI=1S/C18H16N2O3/c21-16-10-11-17(22)20(16)12-13-6-8-15(9-7-13)19-18(23)14-4-2-1-3-5-14/h1-9H,10-12H2,(H,19,23). The average molecular weight is 308 g/mol. The predicted molar refractivity (Wildman–Crippen MR) is 85.6 cm³/mol. The van der Waals surface area contributed by atoms with Gasteiger partial charge in [0.05, 0.1) is 6.54 Å². The van der Waals surface area contributed by atoms with E-state index in [-0.39, 0.29) is 24.3 Å². The molecule has 5 heteroatoms. The third kappa shape index (κ3) is 3.45. The van der Waals surface area contributed by atoms with Crippen molar-refractivity contribution in [3.63, 3.8) is 0 Å². The summed E-state index contributed by atoms with van der Waals surface area (Å²) in [5.74, 6) is -0.434. The minimum atomic E-state index is -0.178. The number of anilines is 1. The fourth-order valence-corrected chi connectivity index (χ4v) is 2.47. The first-order chi connectivity index (χ1) is 11.1. The second-order valence-electron chi connectivity index (χ2n) is 5.39. The number of hydrogen-bond donors (Lipinski definition) is 1. The van der Waals surface area contributed by atoms with Crippen molar-refractivity contribution in [2.24, 2.45) is 0 Å². The molecule has 1 heterocycles. The van der Waals surface area contributed by atoms with Crippen LogP contribution in [0.5, 0.6) is 0 Å². The number of imide groups is 1. The van der Waals surface area contributed by atoms with Crippen LogP contribution in [0.2, 0.25) is 0 Å². The molecule has 1 aliphatic rings. The van der Waals surface area contributed by atoms with Crippen LogP contribution in [0.25, 0.3) is 0 Å². The Kier molecular flexibility index (Phi) is 4.19. The Hall–Kier alpha value is -2.95. The van der Waals surface area contributed by atoms with Gasteiger partial charge in [-0.1, -0.05) is 30.3 Å². The zero-order valence-electron chi connectivity index (χ0n) is 12.5.